The molecule has 1 N–H and O–H groups in total. The normalized spacial score (nSPS) is 11.5. The molecule has 7 heteroatoms. The number of hydrogen-bond acceptors (Lipinski definition) is 2. The minimum absolute atomic E-state index is 0.0421. The predicted octanol–water partition coefficient (Wildman–Crippen LogP) is 3.17. The summed E-state index contributed by atoms with van der Waals surface area (Å²) in [6.45, 7) is 2.93. The molecule has 2 rings (SSSR count). The Bertz CT molecular complexity index is 789. The monoisotopic (exact) mass is 311 g/mol. The molecule has 0 fully saturated rings. The van der Waals surface area contributed by atoms with E-state index in [0.717, 1.165) is 34.9 Å². The van der Waals surface area contributed by atoms with Crippen molar-refractivity contribution in [2.24, 2.45) is 0 Å². The topological polar surface area (TPSA) is 59.3 Å². The zero-order chi connectivity index (χ0) is 16.7. The number of carboxylic acids is 1. The summed E-state index contributed by atoms with van der Waals surface area (Å²) < 4.78 is 38.8. The van der Waals surface area contributed by atoms with Gasteiger partial charge in [0.25, 0.3) is 5.56 Å². The predicted molar refractivity (Wildman–Crippen MR) is 73.5 cm³/mol. The lowest BCUT2D eigenvalue weighted by molar-refractivity contribution is -0.137. The van der Waals surface area contributed by atoms with Crippen LogP contribution in [0.3, 0.4) is 0 Å². The number of nitrogens with zero attached hydrogens (tertiary/aromatic N) is 1. The summed E-state index contributed by atoms with van der Waals surface area (Å²) in [6.07, 6.45) is -4.47. The standard InChI is InChI=1S/C15H12F3NO3/c1-8-7-12(20)19(9(2)13(8)14(21)22)11-5-3-10(4-6-11)15(16,17)18/h3-7H,1-2H3,(H,21,22). The number of pyridine rings is 1. The number of benzene rings is 1. The van der Waals surface area contributed by atoms with Gasteiger partial charge in [0.1, 0.15) is 0 Å². The number of aryl methyl sites for hydroxylation is 1. The van der Waals surface area contributed by atoms with Crippen LogP contribution in [0.5, 0.6) is 0 Å². The molecule has 0 amide bonds. The SMILES string of the molecule is Cc1cc(=O)n(-c2ccc(C(F)(F)F)cc2)c(C)c1C(=O)O. The van der Waals surface area contributed by atoms with Gasteiger partial charge in [0.05, 0.1) is 11.1 Å². The molecule has 0 aliphatic heterocycles. The van der Waals surface area contributed by atoms with E-state index >= 15 is 0 Å². The maximum atomic E-state index is 12.6. The molecule has 1 heterocycles. The van der Waals surface area contributed by atoms with E-state index in [-0.39, 0.29) is 16.9 Å². The smallest absolute Gasteiger partial charge is 0.416 e. The first-order valence-electron chi connectivity index (χ1n) is 6.27. The molecule has 0 saturated carbocycles. The summed E-state index contributed by atoms with van der Waals surface area (Å²) in [7, 11) is 0. The summed E-state index contributed by atoms with van der Waals surface area (Å²) in [5.74, 6) is -1.20. The van der Waals surface area contributed by atoms with Gasteiger partial charge in [-0.2, -0.15) is 13.2 Å². The average Bonchev–Trinajstić information content (AvgIpc) is 2.37. The van der Waals surface area contributed by atoms with Crippen molar-refractivity contribution in [2.75, 3.05) is 0 Å². The third kappa shape index (κ3) is 2.74. The van der Waals surface area contributed by atoms with Crippen molar-refractivity contribution in [3.8, 4) is 5.69 Å². The molecule has 0 spiro atoms. The molecule has 116 valence electrons. The highest BCUT2D eigenvalue weighted by molar-refractivity contribution is 5.90. The molecule has 0 saturated heterocycles. The lowest BCUT2D eigenvalue weighted by atomic mass is 10.1. The molecule has 2 aromatic rings. The van der Waals surface area contributed by atoms with Crippen molar-refractivity contribution >= 4 is 5.97 Å². The summed E-state index contributed by atoms with van der Waals surface area (Å²) in [5, 5.41) is 9.20. The Morgan fingerprint density at radius 3 is 2.14 bits per heavy atom. The molecular formula is C15H12F3NO3. The van der Waals surface area contributed by atoms with Gasteiger partial charge in [0.15, 0.2) is 0 Å². The van der Waals surface area contributed by atoms with Crippen LogP contribution in [0.25, 0.3) is 5.69 Å². The highest BCUT2D eigenvalue weighted by Crippen LogP contribution is 2.29. The Hall–Kier alpha value is -2.57. The zero-order valence-electron chi connectivity index (χ0n) is 11.7. The number of hydrogen-bond donors (Lipinski definition) is 1. The molecule has 0 atom stereocenters. The Balaban J connectivity index is 2.65. The van der Waals surface area contributed by atoms with Crippen LogP contribution >= 0.6 is 0 Å². The van der Waals surface area contributed by atoms with E-state index in [1.807, 2.05) is 0 Å². The zero-order valence-corrected chi connectivity index (χ0v) is 11.7. The minimum atomic E-state index is -4.47. The Labute approximate surface area is 123 Å². The van der Waals surface area contributed by atoms with E-state index in [1.165, 1.54) is 13.8 Å². The number of carbonyl (C=O) groups is 1. The van der Waals surface area contributed by atoms with Crippen LogP contribution in [-0.4, -0.2) is 15.6 Å². The second-order valence-electron chi connectivity index (χ2n) is 4.81. The summed E-state index contributed by atoms with van der Waals surface area (Å²) in [4.78, 5) is 23.3. The number of alkyl halides is 3. The van der Waals surface area contributed by atoms with Gasteiger partial charge in [-0.05, 0) is 43.7 Å². The number of halogens is 3. The van der Waals surface area contributed by atoms with Crippen molar-refractivity contribution in [3.63, 3.8) is 0 Å². The molecule has 1 aromatic carbocycles. The number of aromatic nitrogens is 1. The van der Waals surface area contributed by atoms with Gasteiger partial charge < -0.3 is 5.11 Å². The summed E-state index contributed by atoms with van der Waals surface area (Å²) in [6, 6.07) is 5.12. The molecular weight excluding hydrogens is 299 g/mol. The van der Waals surface area contributed by atoms with Gasteiger partial charge in [-0.15, -0.1) is 0 Å². The molecule has 1 aromatic heterocycles. The van der Waals surface area contributed by atoms with E-state index in [4.69, 9.17) is 0 Å². The average molecular weight is 311 g/mol. The van der Waals surface area contributed by atoms with Crippen LogP contribution in [-0.2, 0) is 6.18 Å². The molecule has 0 aliphatic carbocycles. The van der Waals surface area contributed by atoms with Gasteiger partial charge in [-0.25, -0.2) is 4.79 Å². The largest absolute Gasteiger partial charge is 0.478 e. The molecule has 0 unspecified atom stereocenters. The van der Waals surface area contributed by atoms with E-state index in [1.54, 1.807) is 0 Å². The van der Waals surface area contributed by atoms with Gasteiger partial charge >= 0.3 is 12.1 Å². The second kappa shape index (κ2) is 5.32. The van der Waals surface area contributed by atoms with Crippen molar-refractivity contribution in [1.82, 2.24) is 4.57 Å². The van der Waals surface area contributed by atoms with Crippen molar-refractivity contribution in [3.05, 3.63) is 63.1 Å². The van der Waals surface area contributed by atoms with Crippen LogP contribution in [0.2, 0.25) is 0 Å². The first kappa shape index (κ1) is 15.8. The van der Waals surface area contributed by atoms with Gasteiger partial charge in [-0.1, -0.05) is 0 Å². The highest BCUT2D eigenvalue weighted by atomic mass is 19.4. The third-order valence-electron chi connectivity index (χ3n) is 3.32. The number of rotatable bonds is 2. The van der Waals surface area contributed by atoms with Crippen LogP contribution in [0.4, 0.5) is 13.2 Å². The highest BCUT2D eigenvalue weighted by Gasteiger charge is 2.30. The molecule has 0 aliphatic rings. The summed E-state index contributed by atoms with van der Waals surface area (Å²) in [5.41, 5.74) is -0.736. The molecule has 0 radical (unpaired) electrons. The van der Waals surface area contributed by atoms with Crippen LogP contribution in [0.15, 0.2) is 35.1 Å². The number of carboxylic acid groups (broad SMARTS) is 1. The van der Waals surface area contributed by atoms with Gasteiger partial charge in [-0.3, -0.25) is 9.36 Å². The fraction of sp³-hybridized carbons (Fsp3) is 0.200. The quantitative estimate of drug-likeness (QED) is 0.926. The van der Waals surface area contributed by atoms with Gasteiger partial charge in [0, 0.05) is 17.4 Å². The van der Waals surface area contributed by atoms with Crippen molar-refractivity contribution in [1.29, 1.82) is 0 Å². The Morgan fingerprint density at radius 2 is 1.68 bits per heavy atom. The van der Waals surface area contributed by atoms with Gasteiger partial charge in [0.2, 0.25) is 0 Å². The second-order valence-corrected chi connectivity index (χ2v) is 4.81. The van der Waals surface area contributed by atoms with Crippen LogP contribution in [0, 0.1) is 13.8 Å². The number of aromatic carboxylic acids is 1. The Kier molecular flexibility index (Phi) is 3.83. The maximum Gasteiger partial charge on any atom is 0.416 e. The summed E-state index contributed by atoms with van der Waals surface area (Å²) >= 11 is 0. The lowest BCUT2D eigenvalue weighted by Crippen LogP contribution is -2.24. The van der Waals surface area contributed by atoms with E-state index in [0.29, 0.717) is 5.56 Å². The fourth-order valence-electron chi connectivity index (χ4n) is 2.33. The molecule has 22 heavy (non-hydrogen) atoms. The third-order valence-corrected chi connectivity index (χ3v) is 3.32. The first-order chi connectivity index (χ1) is 10.1. The van der Waals surface area contributed by atoms with E-state index in [2.05, 4.69) is 0 Å². The van der Waals surface area contributed by atoms with E-state index < -0.39 is 23.3 Å². The van der Waals surface area contributed by atoms with Crippen LogP contribution in [0.1, 0.15) is 27.2 Å². The fourth-order valence-corrected chi connectivity index (χ4v) is 2.33. The first-order valence-corrected chi connectivity index (χ1v) is 6.27. The minimum Gasteiger partial charge on any atom is -0.478 e. The molecule has 0 bridgehead atoms. The van der Waals surface area contributed by atoms with Crippen LogP contribution < -0.4 is 5.56 Å². The van der Waals surface area contributed by atoms with Crippen molar-refractivity contribution in [2.45, 2.75) is 20.0 Å². The Morgan fingerprint density at radius 1 is 1.14 bits per heavy atom. The maximum absolute atomic E-state index is 12.6. The molecule has 4 nitrogen and oxygen atoms in total. The van der Waals surface area contributed by atoms with Crippen molar-refractivity contribution < 1.29 is 23.1 Å². The lowest BCUT2D eigenvalue weighted by Gasteiger charge is -2.15. The van der Waals surface area contributed by atoms with E-state index in [9.17, 15) is 27.9 Å².